The van der Waals surface area contributed by atoms with E-state index in [9.17, 15) is 26.3 Å². The molecule has 0 amide bonds. The first kappa shape index (κ1) is 16.3. The minimum Gasteiger partial charge on any atom is -0.496 e. The van der Waals surface area contributed by atoms with Gasteiger partial charge in [0.2, 0.25) is 0 Å². The standard InChI is InChI=1S/C14H7BF6O/c1-4-10(17)13(20)8(14(21)11(4)18)7-6(22-2)3-5(16)9(15)12(7)19/h3H,1-2H3. The molecule has 114 valence electrons. The lowest BCUT2D eigenvalue weighted by Gasteiger charge is -2.15. The molecule has 0 heterocycles. The van der Waals surface area contributed by atoms with Crippen molar-refractivity contribution in [2.45, 2.75) is 6.92 Å². The van der Waals surface area contributed by atoms with Gasteiger partial charge in [-0.2, -0.15) is 0 Å². The van der Waals surface area contributed by atoms with Crippen LogP contribution in [0.3, 0.4) is 0 Å². The van der Waals surface area contributed by atoms with Crippen LogP contribution in [0.25, 0.3) is 11.1 Å². The van der Waals surface area contributed by atoms with Gasteiger partial charge in [0.15, 0.2) is 23.3 Å². The molecular formula is C14H7BF6O. The number of rotatable bonds is 2. The molecule has 8 heteroatoms. The molecule has 0 N–H and O–H groups in total. The molecule has 0 atom stereocenters. The average Bonchev–Trinajstić information content (AvgIpc) is 2.50. The number of methoxy groups -OCH3 is 1. The maximum absolute atomic E-state index is 14.1. The van der Waals surface area contributed by atoms with Crippen LogP contribution in [0, 0.1) is 41.8 Å². The third kappa shape index (κ3) is 2.22. The van der Waals surface area contributed by atoms with Crippen LogP contribution < -0.4 is 10.2 Å². The summed E-state index contributed by atoms with van der Waals surface area (Å²) in [7, 11) is 6.07. The molecule has 0 aliphatic rings. The number of halogens is 6. The van der Waals surface area contributed by atoms with E-state index < -0.39 is 62.8 Å². The smallest absolute Gasteiger partial charge is 0.170 e. The predicted molar refractivity (Wildman–Crippen MR) is 68.3 cm³/mol. The fraction of sp³-hybridized carbons (Fsp3) is 0.143. The number of ether oxygens (including phenoxy) is 1. The van der Waals surface area contributed by atoms with Crippen molar-refractivity contribution in [2.75, 3.05) is 7.11 Å². The van der Waals surface area contributed by atoms with Crippen molar-refractivity contribution in [3.63, 3.8) is 0 Å². The van der Waals surface area contributed by atoms with Gasteiger partial charge in [-0.15, -0.1) is 0 Å². The summed E-state index contributed by atoms with van der Waals surface area (Å²) in [6.07, 6.45) is 0. The lowest BCUT2D eigenvalue weighted by atomic mass is 9.89. The molecule has 0 bridgehead atoms. The molecular weight excluding hydrogens is 309 g/mol. The lowest BCUT2D eigenvalue weighted by Crippen LogP contribution is -2.17. The second-order valence-corrected chi connectivity index (χ2v) is 4.42. The highest BCUT2D eigenvalue weighted by molar-refractivity contribution is 6.33. The molecule has 0 aromatic heterocycles. The Morgan fingerprint density at radius 1 is 0.818 bits per heavy atom. The summed E-state index contributed by atoms with van der Waals surface area (Å²) < 4.78 is 87.3. The molecule has 2 aromatic rings. The minimum atomic E-state index is -1.83. The normalized spacial score (nSPS) is 10.9. The number of benzene rings is 2. The molecule has 0 aliphatic carbocycles. The Morgan fingerprint density at radius 2 is 1.32 bits per heavy atom. The summed E-state index contributed by atoms with van der Waals surface area (Å²) in [5.41, 5.74) is -4.33. The van der Waals surface area contributed by atoms with E-state index in [-0.39, 0.29) is 0 Å². The zero-order valence-corrected chi connectivity index (χ0v) is 11.3. The van der Waals surface area contributed by atoms with Crippen LogP contribution in [-0.4, -0.2) is 15.0 Å². The number of hydrogen-bond donors (Lipinski definition) is 0. The molecule has 0 saturated carbocycles. The molecule has 0 spiro atoms. The van der Waals surface area contributed by atoms with Gasteiger partial charge in [-0.25, -0.2) is 26.3 Å². The summed E-state index contributed by atoms with van der Waals surface area (Å²) in [5, 5.41) is 0. The van der Waals surface area contributed by atoms with Crippen molar-refractivity contribution in [1.82, 2.24) is 0 Å². The van der Waals surface area contributed by atoms with Gasteiger partial charge in [-0.1, -0.05) is 0 Å². The third-order valence-corrected chi connectivity index (χ3v) is 3.17. The summed E-state index contributed by atoms with van der Waals surface area (Å²) in [6, 6.07) is 0.558. The molecule has 1 nitrogen and oxygen atoms in total. The highest BCUT2D eigenvalue weighted by Crippen LogP contribution is 2.38. The van der Waals surface area contributed by atoms with Crippen molar-refractivity contribution in [3.05, 3.63) is 46.5 Å². The second-order valence-electron chi connectivity index (χ2n) is 4.42. The summed E-state index contributed by atoms with van der Waals surface area (Å²) in [4.78, 5) is 0. The fourth-order valence-corrected chi connectivity index (χ4v) is 1.97. The van der Waals surface area contributed by atoms with Gasteiger partial charge in [0.1, 0.15) is 25.2 Å². The first-order valence-electron chi connectivity index (χ1n) is 5.86. The van der Waals surface area contributed by atoms with Gasteiger partial charge >= 0.3 is 0 Å². The Hall–Kier alpha value is -2.12. The van der Waals surface area contributed by atoms with Crippen molar-refractivity contribution >= 4 is 13.3 Å². The molecule has 0 unspecified atom stereocenters. The van der Waals surface area contributed by atoms with E-state index in [2.05, 4.69) is 4.74 Å². The van der Waals surface area contributed by atoms with E-state index in [1.54, 1.807) is 0 Å². The van der Waals surface area contributed by atoms with E-state index in [1.807, 2.05) is 0 Å². The molecule has 0 saturated heterocycles. The van der Waals surface area contributed by atoms with E-state index in [4.69, 9.17) is 7.85 Å². The van der Waals surface area contributed by atoms with Crippen molar-refractivity contribution < 1.29 is 31.1 Å². The van der Waals surface area contributed by atoms with Gasteiger partial charge in [-0.05, 0) is 12.4 Å². The molecule has 2 aromatic carbocycles. The van der Waals surface area contributed by atoms with Gasteiger partial charge < -0.3 is 4.74 Å². The van der Waals surface area contributed by atoms with Crippen molar-refractivity contribution in [2.24, 2.45) is 0 Å². The average molecular weight is 316 g/mol. The Morgan fingerprint density at radius 3 is 1.77 bits per heavy atom. The van der Waals surface area contributed by atoms with E-state index in [0.29, 0.717) is 6.07 Å². The molecule has 22 heavy (non-hydrogen) atoms. The maximum atomic E-state index is 14.1. The highest BCUT2D eigenvalue weighted by atomic mass is 19.2. The predicted octanol–water partition coefficient (Wildman–Crippen LogP) is 3.30. The Balaban J connectivity index is 2.98. The molecule has 0 aliphatic heterocycles. The zero-order chi connectivity index (χ0) is 16.8. The van der Waals surface area contributed by atoms with Crippen LogP contribution >= 0.6 is 0 Å². The van der Waals surface area contributed by atoms with Gasteiger partial charge in [0.05, 0.1) is 18.2 Å². The Bertz CT molecular complexity index is 746. The molecule has 0 fully saturated rings. The molecule has 2 rings (SSSR count). The van der Waals surface area contributed by atoms with Crippen LogP contribution in [0.15, 0.2) is 6.07 Å². The summed E-state index contributed by atoms with van der Waals surface area (Å²) in [5.74, 6) is -10.6. The first-order chi connectivity index (χ1) is 10.2. The van der Waals surface area contributed by atoms with Crippen LogP contribution in [0.1, 0.15) is 5.56 Å². The summed E-state index contributed by atoms with van der Waals surface area (Å²) >= 11 is 0. The quantitative estimate of drug-likeness (QED) is 0.469. The molecule has 2 radical (unpaired) electrons. The largest absolute Gasteiger partial charge is 0.496 e. The van der Waals surface area contributed by atoms with Crippen LogP contribution in [0.4, 0.5) is 26.3 Å². The monoisotopic (exact) mass is 316 g/mol. The summed E-state index contributed by atoms with van der Waals surface area (Å²) in [6.45, 7) is 0.813. The topological polar surface area (TPSA) is 9.23 Å². The van der Waals surface area contributed by atoms with Gasteiger partial charge in [-0.3, -0.25) is 0 Å². The first-order valence-corrected chi connectivity index (χ1v) is 5.86. The SMILES string of the molecule is [B]c1c(F)cc(OC)c(-c2c(F)c(F)c(C)c(F)c2F)c1F. The van der Waals surface area contributed by atoms with Crippen LogP contribution in [-0.2, 0) is 0 Å². The van der Waals surface area contributed by atoms with Crippen LogP contribution in [0.2, 0.25) is 0 Å². The second kappa shape index (κ2) is 5.59. The van der Waals surface area contributed by atoms with Gasteiger partial charge in [0, 0.05) is 11.6 Å². The number of hydrogen-bond acceptors (Lipinski definition) is 1. The van der Waals surface area contributed by atoms with E-state index in [0.717, 1.165) is 14.0 Å². The maximum Gasteiger partial charge on any atom is 0.170 e. The zero-order valence-electron chi connectivity index (χ0n) is 11.3. The Labute approximate surface area is 122 Å². The Kier molecular flexibility index (Phi) is 4.13. The van der Waals surface area contributed by atoms with E-state index >= 15 is 0 Å². The van der Waals surface area contributed by atoms with Crippen LogP contribution in [0.5, 0.6) is 5.75 Å². The highest BCUT2D eigenvalue weighted by Gasteiger charge is 2.29. The lowest BCUT2D eigenvalue weighted by molar-refractivity contribution is 0.407. The van der Waals surface area contributed by atoms with Crippen molar-refractivity contribution in [1.29, 1.82) is 0 Å². The van der Waals surface area contributed by atoms with E-state index in [1.165, 1.54) is 0 Å². The van der Waals surface area contributed by atoms with Crippen molar-refractivity contribution in [3.8, 4) is 16.9 Å². The third-order valence-electron chi connectivity index (χ3n) is 3.17. The minimum absolute atomic E-state index is 0.558. The fourth-order valence-electron chi connectivity index (χ4n) is 1.97. The van der Waals surface area contributed by atoms with Gasteiger partial charge in [0.25, 0.3) is 0 Å².